The molecular formula is C14H11NO4. The second-order valence-corrected chi connectivity index (χ2v) is 3.82. The SMILES string of the molecule is CNCC#Cc1ccc2oc(C(=O)O)cc(=O)c2c1. The first-order valence-electron chi connectivity index (χ1n) is 5.56. The van der Waals surface area contributed by atoms with Gasteiger partial charge in [0.1, 0.15) is 5.58 Å². The summed E-state index contributed by atoms with van der Waals surface area (Å²) in [7, 11) is 1.79. The minimum Gasteiger partial charge on any atom is -0.475 e. The molecule has 1 aromatic carbocycles. The number of hydrogen-bond acceptors (Lipinski definition) is 4. The van der Waals surface area contributed by atoms with Crippen molar-refractivity contribution in [2.75, 3.05) is 13.6 Å². The molecule has 0 bridgehead atoms. The highest BCUT2D eigenvalue weighted by Crippen LogP contribution is 2.14. The van der Waals surface area contributed by atoms with Gasteiger partial charge in [0, 0.05) is 11.6 Å². The number of rotatable bonds is 2. The minimum atomic E-state index is -1.27. The van der Waals surface area contributed by atoms with Gasteiger partial charge in [0.25, 0.3) is 0 Å². The summed E-state index contributed by atoms with van der Waals surface area (Å²) in [4.78, 5) is 22.6. The largest absolute Gasteiger partial charge is 0.475 e. The third kappa shape index (κ3) is 2.81. The topological polar surface area (TPSA) is 79.5 Å². The van der Waals surface area contributed by atoms with Crippen molar-refractivity contribution in [1.29, 1.82) is 0 Å². The summed E-state index contributed by atoms with van der Waals surface area (Å²) in [6.07, 6.45) is 0. The van der Waals surface area contributed by atoms with Gasteiger partial charge in [-0.15, -0.1) is 0 Å². The molecule has 1 aromatic heterocycles. The normalized spacial score (nSPS) is 9.95. The lowest BCUT2D eigenvalue weighted by Crippen LogP contribution is -2.06. The molecule has 1 heterocycles. The molecule has 0 radical (unpaired) electrons. The summed E-state index contributed by atoms with van der Waals surface area (Å²) in [5.41, 5.74) is 0.526. The average molecular weight is 257 g/mol. The van der Waals surface area contributed by atoms with Crippen LogP contribution in [-0.4, -0.2) is 24.7 Å². The molecule has 0 unspecified atom stereocenters. The van der Waals surface area contributed by atoms with Gasteiger partial charge in [-0.3, -0.25) is 4.79 Å². The summed E-state index contributed by atoms with van der Waals surface area (Å²) in [6, 6.07) is 5.79. The van der Waals surface area contributed by atoms with Crippen LogP contribution in [0.2, 0.25) is 0 Å². The van der Waals surface area contributed by atoms with Crippen molar-refractivity contribution in [2.45, 2.75) is 0 Å². The fourth-order valence-corrected chi connectivity index (χ4v) is 1.57. The van der Waals surface area contributed by atoms with Crippen molar-refractivity contribution < 1.29 is 14.3 Å². The molecular weight excluding hydrogens is 246 g/mol. The third-order valence-electron chi connectivity index (χ3n) is 2.44. The molecule has 0 saturated heterocycles. The summed E-state index contributed by atoms with van der Waals surface area (Å²) in [5, 5.41) is 12.0. The quantitative estimate of drug-likeness (QED) is 0.786. The lowest BCUT2D eigenvalue weighted by Gasteiger charge is -1.99. The maximum atomic E-state index is 11.8. The van der Waals surface area contributed by atoms with Gasteiger partial charge in [-0.1, -0.05) is 11.8 Å². The van der Waals surface area contributed by atoms with Gasteiger partial charge in [-0.2, -0.15) is 0 Å². The highest BCUT2D eigenvalue weighted by Gasteiger charge is 2.10. The van der Waals surface area contributed by atoms with E-state index in [1.165, 1.54) is 0 Å². The number of nitrogens with one attached hydrogen (secondary N) is 1. The lowest BCUT2D eigenvalue weighted by atomic mass is 10.1. The first-order valence-corrected chi connectivity index (χ1v) is 5.56. The number of carboxylic acids is 1. The molecule has 0 saturated carbocycles. The summed E-state index contributed by atoms with van der Waals surface area (Å²) >= 11 is 0. The van der Waals surface area contributed by atoms with Crippen LogP contribution in [0.5, 0.6) is 0 Å². The van der Waals surface area contributed by atoms with E-state index in [2.05, 4.69) is 17.2 Å². The van der Waals surface area contributed by atoms with E-state index < -0.39 is 11.4 Å². The van der Waals surface area contributed by atoms with Crippen LogP contribution < -0.4 is 10.7 Å². The Balaban J connectivity index is 2.54. The Bertz CT molecular complexity index is 749. The van der Waals surface area contributed by atoms with E-state index in [0.29, 0.717) is 17.5 Å². The minimum absolute atomic E-state index is 0.240. The fourth-order valence-electron chi connectivity index (χ4n) is 1.57. The maximum absolute atomic E-state index is 11.8. The van der Waals surface area contributed by atoms with E-state index in [9.17, 15) is 9.59 Å². The third-order valence-corrected chi connectivity index (χ3v) is 2.44. The molecule has 2 rings (SSSR count). The van der Waals surface area contributed by atoms with Crippen molar-refractivity contribution in [1.82, 2.24) is 5.32 Å². The molecule has 19 heavy (non-hydrogen) atoms. The molecule has 0 aliphatic rings. The molecule has 0 fully saturated rings. The van der Waals surface area contributed by atoms with Crippen molar-refractivity contribution in [3.05, 3.63) is 45.8 Å². The van der Waals surface area contributed by atoms with Crippen LogP contribution in [0.15, 0.2) is 33.5 Å². The van der Waals surface area contributed by atoms with Gasteiger partial charge in [0.15, 0.2) is 5.43 Å². The molecule has 96 valence electrons. The van der Waals surface area contributed by atoms with Crippen molar-refractivity contribution in [3.8, 4) is 11.8 Å². The molecule has 5 nitrogen and oxygen atoms in total. The van der Waals surface area contributed by atoms with E-state index in [0.717, 1.165) is 6.07 Å². The number of fused-ring (bicyclic) bond motifs is 1. The Morgan fingerprint density at radius 3 is 2.89 bits per heavy atom. The highest BCUT2D eigenvalue weighted by molar-refractivity contribution is 5.87. The van der Waals surface area contributed by atoms with E-state index in [1.54, 1.807) is 25.2 Å². The monoisotopic (exact) mass is 257 g/mol. The summed E-state index contributed by atoms with van der Waals surface area (Å²) in [6.45, 7) is 0.546. The molecule has 2 aromatic rings. The first kappa shape index (κ1) is 12.9. The zero-order valence-electron chi connectivity index (χ0n) is 10.2. The van der Waals surface area contributed by atoms with E-state index in [1.807, 2.05) is 0 Å². The lowest BCUT2D eigenvalue weighted by molar-refractivity contribution is 0.0663. The highest BCUT2D eigenvalue weighted by atomic mass is 16.4. The van der Waals surface area contributed by atoms with Crippen molar-refractivity contribution in [2.24, 2.45) is 0 Å². The van der Waals surface area contributed by atoms with Crippen LogP contribution in [0.1, 0.15) is 16.1 Å². The molecule has 0 amide bonds. The van der Waals surface area contributed by atoms with Crippen molar-refractivity contribution >= 4 is 16.9 Å². The van der Waals surface area contributed by atoms with Crippen LogP contribution in [0.25, 0.3) is 11.0 Å². The van der Waals surface area contributed by atoms with Gasteiger partial charge < -0.3 is 14.8 Å². The molecule has 0 atom stereocenters. The van der Waals surface area contributed by atoms with Gasteiger partial charge >= 0.3 is 5.97 Å². The maximum Gasteiger partial charge on any atom is 0.371 e. The second-order valence-electron chi connectivity index (χ2n) is 3.82. The van der Waals surface area contributed by atoms with Gasteiger partial charge in [-0.25, -0.2) is 4.79 Å². The zero-order chi connectivity index (χ0) is 13.8. The van der Waals surface area contributed by atoms with Gasteiger partial charge in [-0.05, 0) is 25.2 Å². The van der Waals surface area contributed by atoms with Crippen molar-refractivity contribution in [3.63, 3.8) is 0 Å². The smallest absolute Gasteiger partial charge is 0.371 e. The number of hydrogen-bond donors (Lipinski definition) is 2. The molecule has 5 heteroatoms. The van der Waals surface area contributed by atoms with Crippen LogP contribution in [0.4, 0.5) is 0 Å². The Labute approximate surface area is 108 Å². The average Bonchev–Trinajstić information content (AvgIpc) is 2.39. The fraction of sp³-hybridized carbons (Fsp3) is 0.143. The number of benzene rings is 1. The number of carboxylic acid groups (broad SMARTS) is 1. The van der Waals surface area contributed by atoms with E-state index in [-0.39, 0.29) is 11.3 Å². The number of carbonyl (C=O) groups is 1. The molecule has 0 spiro atoms. The zero-order valence-corrected chi connectivity index (χ0v) is 10.2. The van der Waals surface area contributed by atoms with Crippen LogP contribution in [0.3, 0.4) is 0 Å². The Morgan fingerprint density at radius 2 is 2.21 bits per heavy atom. The van der Waals surface area contributed by atoms with E-state index in [4.69, 9.17) is 9.52 Å². The first-order chi connectivity index (χ1) is 9.11. The Hall–Kier alpha value is -2.58. The molecule has 0 aliphatic heterocycles. The number of aromatic carboxylic acids is 1. The van der Waals surface area contributed by atoms with Crippen LogP contribution in [0, 0.1) is 11.8 Å². The standard InChI is InChI=1S/C14H11NO4/c1-15-6-2-3-9-4-5-12-10(7-9)11(16)8-13(19-12)14(17)18/h4-5,7-8,15H,6H2,1H3,(H,17,18). The summed E-state index contributed by atoms with van der Waals surface area (Å²) in [5.74, 6) is 4.13. The van der Waals surface area contributed by atoms with Crippen LogP contribution >= 0.6 is 0 Å². The Morgan fingerprint density at radius 1 is 1.42 bits per heavy atom. The van der Waals surface area contributed by atoms with E-state index >= 15 is 0 Å². The Kier molecular flexibility index (Phi) is 3.64. The van der Waals surface area contributed by atoms with Gasteiger partial charge in [0.05, 0.1) is 11.9 Å². The molecule has 0 aliphatic carbocycles. The summed E-state index contributed by atoms with van der Waals surface area (Å²) < 4.78 is 5.12. The van der Waals surface area contributed by atoms with Gasteiger partial charge in [0.2, 0.25) is 5.76 Å². The predicted molar refractivity (Wildman–Crippen MR) is 70.2 cm³/mol. The van der Waals surface area contributed by atoms with Crippen LogP contribution in [-0.2, 0) is 0 Å². The second kappa shape index (κ2) is 5.38. The predicted octanol–water partition coefficient (Wildman–Crippen LogP) is 1.06. The molecule has 2 N–H and O–H groups in total.